The Bertz CT molecular complexity index is 502. The summed E-state index contributed by atoms with van der Waals surface area (Å²) >= 11 is 0. The molecule has 6 heteroatoms. The van der Waals surface area contributed by atoms with Crippen LogP contribution in [0.3, 0.4) is 0 Å². The Kier molecular flexibility index (Phi) is 6.83. The van der Waals surface area contributed by atoms with Crippen LogP contribution in [-0.2, 0) is 0 Å². The molecule has 1 aliphatic rings. The van der Waals surface area contributed by atoms with Gasteiger partial charge in [0.05, 0.1) is 12.2 Å². The van der Waals surface area contributed by atoms with Gasteiger partial charge in [-0.2, -0.15) is 0 Å². The molecule has 0 aliphatic carbocycles. The fourth-order valence-electron chi connectivity index (χ4n) is 2.91. The SMILES string of the molecule is CN(CCCN1CCN(CCO)CC1)c1ccc(C=O)c(O)c1. The van der Waals surface area contributed by atoms with Crippen molar-refractivity contribution < 1.29 is 15.0 Å². The van der Waals surface area contributed by atoms with Gasteiger partial charge in [-0.05, 0) is 25.1 Å². The highest BCUT2D eigenvalue weighted by Gasteiger charge is 2.15. The van der Waals surface area contributed by atoms with Gasteiger partial charge in [0.15, 0.2) is 6.29 Å². The number of carbonyl (C=O) groups is 1. The molecule has 0 unspecified atom stereocenters. The predicted octanol–water partition coefficient (Wildman–Crippen LogP) is 0.641. The van der Waals surface area contributed by atoms with Crippen LogP contribution in [0.2, 0.25) is 0 Å². The number of rotatable bonds is 8. The molecule has 6 nitrogen and oxygen atoms in total. The summed E-state index contributed by atoms with van der Waals surface area (Å²) in [4.78, 5) is 17.6. The number of hydrogen-bond donors (Lipinski definition) is 2. The van der Waals surface area contributed by atoms with Crippen LogP contribution >= 0.6 is 0 Å². The molecule has 0 atom stereocenters. The van der Waals surface area contributed by atoms with Gasteiger partial charge in [0, 0.05) is 58.1 Å². The first-order valence-electron chi connectivity index (χ1n) is 8.19. The van der Waals surface area contributed by atoms with Crippen molar-refractivity contribution in [3.63, 3.8) is 0 Å². The second kappa shape index (κ2) is 8.86. The van der Waals surface area contributed by atoms with Gasteiger partial charge in [-0.1, -0.05) is 0 Å². The first kappa shape index (κ1) is 17.7. The number of aliphatic hydroxyl groups is 1. The second-order valence-electron chi connectivity index (χ2n) is 6.04. The summed E-state index contributed by atoms with van der Waals surface area (Å²) in [5.74, 6) is 0.0318. The van der Waals surface area contributed by atoms with E-state index in [9.17, 15) is 9.90 Å². The third-order valence-corrected chi connectivity index (χ3v) is 4.43. The van der Waals surface area contributed by atoms with E-state index in [2.05, 4.69) is 14.7 Å². The van der Waals surface area contributed by atoms with Crippen LogP contribution in [0.1, 0.15) is 16.8 Å². The van der Waals surface area contributed by atoms with E-state index < -0.39 is 0 Å². The zero-order chi connectivity index (χ0) is 16.7. The highest BCUT2D eigenvalue weighted by molar-refractivity contribution is 5.80. The summed E-state index contributed by atoms with van der Waals surface area (Å²) in [5.41, 5.74) is 1.24. The normalized spacial score (nSPS) is 16.4. The van der Waals surface area contributed by atoms with Crippen LogP contribution in [0.15, 0.2) is 18.2 Å². The van der Waals surface area contributed by atoms with Crippen LogP contribution in [0.4, 0.5) is 5.69 Å². The minimum absolute atomic E-state index is 0.0318. The monoisotopic (exact) mass is 321 g/mol. The molecule has 1 aromatic carbocycles. The maximum absolute atomic E-state index is 10.7. The number of piperazine rings is 1. The van der Waals surface area contributed by atoms with Gasteiger partial charge in [-0.25, -0.2) is 0 Å². The number of carbonyl (C=O) groups excluding carboxylic acids is 1. The topological polar surface area (TPSA) is 67.2 Å². The molecule has 0 saturated carbocycles. The smallest absolute Gasteiger partial charge is 0.153 e. The minimum atomic E-state index is 0.0318. The number of aromatic hydroxyl groups is 1. The lowest BCUT2D eigenvalue weighted by atomic mass is 10.2. The molecule has 0 spiro atoms. The van der Waals surface area contributed by atoms with Crippen molar-refractivity contribution in [2.24, 2.45) is 0 Å². The highest BCUT2D eigenvalue weighted by Crippen LogP contribution is 2.22. The van der Waals surface area contributed by atoms with Crippen molar-refractivity contribution in [3.05, 3.63) is 23.8 Å². The van der Waals surface area contributed by atoms with Crippen molar-refractivity contribution in [2.45, 2.75) is 6.42 Å². The van der Waals surface area contributed by atoms with Gasteiger partial charge < -0.3 is 20.0 Å². The zero-order valence-electron chi connectivity index (χ0n) is 13.8. The number of phenolic OH excluding ortho intramolecular Hbond substituents is 1. The fourth-order valence-corrected chi connectivity index (χ4v) is 2.91. The quantitative estimate of drug-likeness (QED) is 0.685. The molecule has 1 aliphatic heterocycles. The van der Waals surface area contributed by atoms with E-state index >= 15 is 0 Å². The van der Waals surface area contributed by atoms with E-state index in [1.165, 1.54) is 0 Å². The summed E-state index contributed by atoms with van der Waals surface area (Å²) in [7, 11) is 1.99. The summed E-state index contributed by atoms with van der Waals surface area (Å²) in [5, 5.41) is 18.7. The standard InChI is InChI=1S/C17H27N3O3/c1-18(16-4-3-15(14-22)17(23)13-16)5-2-6-19-7-9-20(10-8-19)11-12-21/h3-4,13-14,21,23H,2,5-12H2,1H3. The van der Waals surface area contributed by atoms with Crippen molar-refractivity contribution >= 4 is 12.0 Å². The Morgan fingerprint density at radius 1 is 1.17 bits per heavy atom. The number of aldehydes is 1. The van der Waals surface area contributed by atoms with Crippen LogP contribution in [0.5, 0.6) is 5.75 Å². The molecule has 128 valence electrons. The van der Waals surface area contributed by atoms with Gasteiger partial charge >= 0.3 is 0 Å². The van der Waals surface area contributed by atoms with Gasteiger partial charge in [0.25, 0.3) is 0 Å². The Hall–Kier alpha value is -1.63. The predicted molar refractivity (Wildman–Crippen MR) is 91.3 cm³/mol. The Labute approximate surface area is 137 Å². The molecule has 0 radical (unpaired) electrons. The van der Waals surface area contributed by atoms with Gasteiger partial charge in [-0.3, -0.25) is 9.69 Å². The fraction of sp³-hybridized carbons (Fsp3) is 0.588. The van der Waals surface area contributed by atoms with Crippen molar-refractivity contribution in [3.8, 4) is 5.75 Å². The van der Waals surface area contributed by atoms with Crippen LogP contribution in [-0.4, -0.2) is 85.8 Å². The van der Waals surface area contributed by atoms with Crippen LogP contribution < -0.4 is 4.90 Å². The molecule has 1 heterocycles. The molecule has 0 bridgehead atoms. The maximum atomic E-state index is 10.7. The molecule has 23 heavy (non-hydrogen) atoms. The van der Waals surface area contributed by atoms with E-state index in [-0.39, 0.29) is 12.4 Å². The summed E-state index contributed by atoms with van der Waals surface area (Å²) in [6, 6.07) is 5.14. The molecule has 2 N–H and O–H groups in total. The minimum Gasteiger partial charge on any atom is -0.507 e. The zero-order valence-corrected chi connectivity index (χ0v) is 13.8. The van der Waals surface area contributed by atoms with E-state index in [4.69, 9.17) is 5.11 Å². The van der Waals surface area contributed by atoms with E-state index in [0.29, 0.717) is 11.8 Å². The van der Waals surface area contributed by atoms with E-state index in [0.717, 1.165) is 57.9 Å². The maximum Gasteiger partial charge on any atom is 0.153 e. The number of phenols is 1. The molecule has 0 aromatic heterocycles. The molecular weight excluding hydrogens is 294 g/mol. The third kappa shape index (κ3) is 5.20. The van der Waals surface area contributed by atoms with Crippen molar-refractivity contribution in [1.29, 1.82) is 0 Å². The Morgan fingerprint density at radius 2 is 1.83 bits per heavy atom. The number of nitrogens with zero attached hydrogens (tertiary/aromatic N) is 3. The molecular formula is C17H27N3O3. The number of benzene rings is 1. The number of anilines is 1. The molecule has 1 saturated heterocycles. The van der Waals surface area contributed by atoms with E-state index in [1.807, 2.05) is 13.1 Å². The number of β-amino-alcohol motifs (C(OH)–C–C–N with tert-alkyl or cyclic N) is 1. The Balaban J connectivity index is 1.72. The molecule has 1 aromatic rings. The van der Waals surface area contributed by atoms with Gasteiger partial charge in [0.1, 0.15) is 5.75 Å². The highest BCUT2D eigenvalue weighted by atomic mass is 16.3. The summed E-state index contributed by atoms with van der Waals surface area (Å²) < 4.78 is 0. The Morgan fingerprint density at radius 3 is 2.39 bits per heavy atom. The van der Waals surface area contributed by atoms with Crippen LogP contribution in [0.25, 0.3) is 0 Å². The van der Waals surface area contributed by atoms with E-state index in [1.54, 1.807) is 12.1 Å². The number of hydrogen-bond acceptors (Lipinski definition) is 6. The van der Waals surface area contributed by atoms with Crippen LogP contribution in [0, 0.1) is 0 Å². The average Bonchev–Trinajstić information content (AvgIpc) is 2.56. The molecule has 1 fully saturated rings. The summed E-state index contributed by atoms with van der Waals surface area (Å²) in [6.45, 7) is 7.12. The first-order chi connectivity index (χ1) is 11.1. The largest absolute Gasteiger partial charge is 0.507 e. The molecule has 0 amide bonds. The lowest BCUT2D eigenvalue weighted by Crippen LogP contribution is -2.47. The second-order valence-corrected chi connectivity index (χ2v) is 6.04. The lowest BCUT2D eigenvalue weighted by Gasteiger charge is -2.34. The van der Waals surface area contributed by atoms with Crippen molar-refractivity contribution in [2.75, 3.05) is 64.4 Å². The average molecular weight is 321 g/mol. The van der Waals surface area contributed by atoms with Gasteiger partial charge in [0.2, 0.25) is 0 Å². The third-order valence-electron chi connectivity index (χ3n) is 4.43. The van der Waals surface area contributed by atoms with Crippen molar-refractivity contribution in [1.82, 2.24) is 9.80 Å². The summed E-state index contributed by atoms with van der Waals surface area (Å²) in [6.07, 6.45) is 1.71. The lowest BCUT2D eigenvalue weighted by molar-refractivity contribution is 0.112. The number of aliphatic hydroxyl groups excluding tert-OH is 1. The molecule has 2 rings (SSSR count). The van der Waals surface area contributed by atoms with Gasteiger partial charge in [-0.15, -0.1) is 0 Å². The first-order valence-corrected chi connectivity index (χ1v) is 8.19.